The van der Waals surface area contributed by atoms with E-state index in [0.29, 0.717) is 68.8 Å². The van der Waals surface area contributed by atoms with Gasteiger partial charge in [0.1, 0.15) is 13.2 Å². The molecule has 0 aromatic heterocycles. The number of amides is 1. The summed E-state index contributed by atoms with van der Waals surface area (Å²) in [5.41, 5.74) is 6.31. The molecule has 134 valence electrons. The zero-order valence-electron chi connectivity index (χ0n) is 13.3. The van der Waals surface area contributed by atoms with E-state index in [1.165, 1.54) is 0 Å². The van der Waals surface area contributed by atoms with E-state index in [1.54, 1.807) is 0 Å². The molecule has 0 spiro atoms. The van der Waals surface area contributed by atoms with Crippen molar-refractivity contribution >= 4 is 29.9 Å². The Bertz CT molecular complexity index is 592. The number of fused-ring (bicyclic) bond motifs is 1. The molecular weight excluding hydrogens is 355 g/mol. The molecule has 0 saturated carbocycles. The van der Waals surface area contributed by atoms with Gasteiger partial charge in [0.15, 0.2) is 11.5 Å². The van der Waals surface area contributed by atoms with Crippen LogP contribution in [0.5, 0.6) is 11.5 Å². The summed E-state index contributed by atoms with van der Waals surface area (Å²) in [5, 5.41) is 3.44. The van der Waals surface area contributed by atoms with Crippen molar-refractivity contribution < 1.29 is 19.0 Å². The fraction of sp³-hybridized carbons (Fsp3) is 0.562. The molecule has 24 heavy (non-hydrogen) atoms. The molecule has 1 fully saturated rings. The van der Waals surface area contributed by atoms with Gasteiger partial charge in [0.05, 0.1) is 10.6 Å². The largest absolute Gasteiger partial charge is 0.486 e. The number of carbonyl (C=O) groups excluding carboxylic acids is 1. The van der Waals surface area contributed by atoms with Gasteiger partial charge in [0.2, 0.25) is 5.91 Å². The number of halogens is 2. The van der Waals surface area contributed by atoms with E-state index >= 15 is 0 Å². The number of nitrogens with two attached hydrogens (primary N) is 1. The number of benzene rings is 1. The van der Waals surface area contributed by atoms with Gasteiger partial charge in [-0.25, -0.2) is 0 Å². The number of ether oxygens (including phenoxy) is 3. The lowest BCUT2D eigenvalue weighted by Gasteiger charge is -2.31. The molecule has 1 aromatic carbocycles. The van der Waals surface area contributed by atoms with Gasteiger partial charge in [-0.3, -0.25) is 4.79 Å². The molecule has 0 unspecified atom stereocenters. The summed E-state index contributed by atoms with van der Waals surface area (Å²) < 4.78 is 16.3. The molecule has 2 aliphatic heterocycles. The first-order chi connectivity index (χ1) is 11.1. The molecule has 1 aromatic rings. The summed E-state index contributed by atoms with van der Waals surface area (Å²) in [5.74, 6) is 1.13. The van der Waals surface area contributed by atoms with Gasteiger partial charge >= 0.3 is 0 Å². The highest BCUT2D eigenvalue weighted by molar-refractivity contribution is 6.32. The van der Waals surface area contributed by atoms with Crippen LogP contribution in [0.2, 0.25) is 5.02 Å². The van der Waals surface area contributed by atoms with Crippen molar-refractivity contribution in [1.29, 1.82) is 0 Å². The maximum absolute atomic E-state index is 12.2. The molecule has 1 amide bonds. The summed E-state index contributed by atoms with van der Waals surface area (Å²) in [4.78, 5) is 12.2. The Labute approximate surface area is 152 Å². The molecule has 0 aliphatic carbocycles. The maximum Gasteiger partial charge on any atom is 0.240 e. The summed E-state index contributed by atoms with van der Waals surface area (Å²) in [6.07, 6.45) is 1.75. The second-order valence-electron chi connectivity index (χ2n) is 5.88. The number of hydrogen-bond acceptors (Lipinski definition) is 5. The normalized spacial score (nSPS) is 18.4. The third kappa shape index (κ3) is 4.25. The van der Waals surface area contributed by atoms with Crippen LogP contribution in [0.1, 0.15) is 18.4 Å². The highest BCUT2D eigenvalue weighted by Crippen LogP contribution is 2.38. The molecule has 1 saturated heterocycles. The molecule has 0 radical (unpaired) electrons. The van der Waals surface area contributed by atoms with Crippen molar-refractivity contribution in [3.05, 3.63) is 22.7 Å². The summed E-state index contributed by atoms with van der Waals surface area (Å²) in [6, 6.07) is 3.74. The average Bonchev–Trinajstić information content (AvgIpc) is 2.55. The Kier molecular flexibility index (Phi) is 6.57. The molecule has 0 bridgehead atoms. The van der Waals surface area contributed by atoms with E-state index in [4.69, 9.17) is 31.5 Å². The molecule has 3 rings (SSSR count). The standard InChI is InChI=1S/C16H21ClN2O4.ClH/c17-12-9-11(10-13-14(12)23-8-7-22-13)1-4-19-15(20)16(18)2-5-21-6-3-16;/h9-10H,1-8,18H2,(H,19,20);1H. The van der Waals surface area contributed by atoms with Crippen molar-refractivity contribution in [2.75, 3.05) is 33.0 Å². The van der Waals surface area contributed by atoms with Crippen molar-refractivity contribution in [3.63, 3.8) is 0 Å². The van der Waals surface area contributed by atoms with Gasteiger partial charge < -0.3 is 25.3 Å². The topological polar surface area (TPSA) is 82.8 Å². The Hall–Kier alpha value is -1.21. The molecule has 2 heterocycles. The fourth-order valence-electron chi connectivity index (χ4n) is 2.77. The second-order valence-corrected chi connectivity index (χ2v) is 6.28. The Morgan fingerprint density at radius 1 is 1.21 bits per heavy atom. The minimum atomic E-state index is -0.817. The molecule has 6 nitrogen and oxygen atoms in total. The van der Waals surface area contributed by atoms with Crippen LogP contribution in [0.4, 0.5) is 0 Å². The summed E-state index contributed by atoms with van der Waals surface area (Å²) in [6.45, 7) is 2.57. The monoisotopic (exact) mass is 376 g/mol. The molecule has 3 N–H and O–H groups in total. The van der Waals surface area contributed by atoms with Gasteiger partial charge in [-0.1, -0.05) is 11.6 Å². The van der Waals surface area contributed by atoms with Crippen LogP contribution in [-0.4, -0.2) is 44.4 Å². The number of nitrogens with one attached hydrogen (secondary N) is 1. The first kappa shape index (κ1) is 19.1. The molecule has 0 atom stereocenters. The first-order valence-electron chi connectivity index (χ1n) is 7.81. The minimum Gasteiger partial charge on any atom is -0.486 e. The van der Waals surface area contributed by atoms with E-state index in [0.717, 1.165) is 5.56 Å². The first-order valence-corrected chi connectivity index (χ1v) is 8.19. The number of carbonyl (C=O) groups is 1. The summed E-state index contributed by atoms with van der Waals surface area (Å²) in [7, 11) is 0. The Morgan fingerprint density at radius 2 is 1.92 bits per heavy atom. The number of rotatable bonds is 4. The van der Waals surface area contributed by atoms with Crippen LogP contribution >= 0.6 is 24.0 Å². The van der Waals surface area contributed by atoms with E-state index in [2.05, 4.69) is 5.32 Å². The van der Waals surface area contributed by atoms with E-state index in [9.17, 15) is 4.79 Å². The smallest absolute Gasteiger partial charge is 0.240 e. The third-order valence-corrected chi connectivity index (χ3v) is 4.47. The molecule has 8 heteroatoms. The van der Waals surface area contributed by atoms with Crippen molar-refractivity contribution in [2.45, 2.75) is 24.8 Å². The predicted molar refractivity (Wildman–Crippen MR) is 93.4 cm³/mol. The Balaban J connectivity index is 0.00000208. The number of hydrogen-bond donors (Lipinski definition) is 2. The summed E-state index contributed by atoms with van der Waals surface area (Å²) >= 11 is 6.21. The van der Waals surface area contributed by atoms with Gasteiger partial charge in [-0.2, -0.15) is 0 Å². The third-order valence-electron chi connectivity index (χ3n) is 4.19. The van der Waals surface area contributed by atoms with E-state index < -0.39 is 5.54 Å². The van der Waals surface area contributed by atoms with Gasteiger partial charge in [-0.15, -0.1) is 12.4 Å². The maximum atomic E-state index is 12.2. The lowest BCUT2D eigenvalue weighted by molar-refractivity contribution is -0.129. The van der Waals surface area contributed by atoms with Crippen LogP contribution in [-0.2, 0) is 16.0 Å². The van der Waals surface area contributed by atoms with Gasteiger partial charge in [0.25, 0.3) is 0 Å². The highest BCUT2D eigenvalue weighted by atomic mass is 35.5. The average molecular weight is 377 g/mol. The van der Waals surface area contributed by atoms with E-state index in [1.807, 2.05) is 12.1 Å². The Morgan fingerprint density at radius 3 is 2.67 bits per heavy atom. The molecule has 2 aliphatic rings. The van der Waals surface area contributed by atoms with Gasteiger partial charge in [-0.05, 0) is 37.0 Å². The van der Waals surface area contributed by atoms with Crippen LogP contribution in [0, 0.1) is 0 Å². The highest BCUT2D eigenvalue weighted by Gasteiger charge is 2.35. The zero-order valence-corrected chi connectivity index (χ0v) is 14.9. The quantitative estimate of drug-likeness (QED) is 0.835. The molecular formula is C16H22Cl2N2O4. The van der Waals surface area contributed by atoms with Crippen molar-refractivity contribution in [2.24, 2.45) is 5.73 Å². The van der Waals surface area contributed by atoms with Crippen LogP contribution in [0.3, 0.4) is 0 Å². The lowest BCUT2D eigenvalue weighted by atomic mass is 9.90. The SMILES string of the molecule is Cl.NC1(C(=O)NCCc2cc(Cl)c3c(c2)OCCO3)CCOCC1. The van der Waals surface area contributed by atoms with Crippen molar-refractivity contribution in [1.82, 2.24) is 5.32 Å². The second kappa shape index (κ2) is 8.25. The lowest BCUT2D eigenvalue weighted by Crippen LogP contribution is -2.57. The fourth-order valence-corrected chi connectivity index (χ4v) is 3.06. The predicted octanol–water partition coefficient (Wildman–Crippen LogP) is 1.70. The van der Waals surface area contributed by atoms with Crippen LogP contribution in [0.25, 0.3) is 0 Å². The van der Waals surface area contributed by atoms with E-state index in [-0.39, 0.29) is 18.3 Å². The van der Waals surface area contributed by atoms with Gasteiger partial charge in [0, 0.05) is 19.8 Å². The van der Waals surface area contributed by atoms with Crippen molar-refractivity contribution in [3.8, 4) is 11.5 Å². The van der Waals surface area contributed by atoms with Crippen LogP contribution < -0.4 is 20.5 Å². The minimum absolute atomic E-state index is 0. The zero-order chi connectivity index (χ0) is 16.3. The van der Waals surface area contributed by atoms with Crippen LogP contribution in [0.15, 0.2) is 12.1 Å².